The van der Waals surface area contributed by atoms with Crippen LogP contribution in [0.1, 0.15) is 20.7 Å². The molecule has 7 aromatic rings. The van der Waals surface area contributed by atoms with Crippen LogP contribution in [0.5, 0.6) is 11.5 Å². The summed E-state index contributed by atoms with van der Waals surface area (Å²) in [5.74, 6) is -0.349. The van der Waals surface area contributed by atoms with Crippen molar-refractivity contribution in [1.29, 1.82) is 0 Å². The molecule has 196 valence electrons. The molecule has 0 saturated heterocycles. The van der Waals surface area contributed by atoms with E-state index in [-0.39, 0.29) is 0 Å². The topological polar surface area (TPSA) is 52.6 Å². The lowest BCUT2D eigenvalue weighted by Crippen LogP contribution is -2.11. The Morgan fingerprint density at radius 3 is 1.51 bits per heavy atom. The van der Waals surface area contributed by atoms with Gasteiger partial charge in [0.2, 0.25) is 0 Å². The number of esters is 2. The van der Waals surface area contributed by atoms with Crippen LogP contribution in [0.2, 0.25) is 5.02 Å². The van der Waals surface area contributed by atoms with Gasteiger partial charge in [0.15, 0.2) is 0 Å². The minimum Gasteiger partial charge on any atom is -0.422 e. The molecule has 0 N–H and O–H groups in total. The second kappa shape index (κ2) is 10.1. The Hall–Kier alpha value is -5.19. The lowest BCUT2D eigenvalue weighted by Gasteiger charge is -2.17. The van der Waals surface area contributed by atoms with Gasteiger partial charge >= 0.3 is 11.9 Å². The fourth-order valence-electron chi connectivity index (χ4n) is 5.25. The highest BCUT2D eigenvalue weighted by atomic mass is 35.5. The maximum absolute atomic E-state index is 13.5. The van der Waals surface area contributed by atoms with Crippen LogP contribution in [-0.2, 0) is 0 Å². The first-order chi connectivity index (χ1) is 20.1. The summed E-state index contributed by atoms with van der Waals surface area (Å²) in [7, 11) is 0. The Kier molecular flexibility index (Phi) is 6.11. The van der Waals surface area contributed by atoms with Crippen molar-refractivity contribution in [1.82, 2.24) is 0 Å². The Bertz CT molecular complexity index is 2170. The number of carbonyl (C=O) groups is 2. The molecule has 0 fully saturated rings. The van der Waals surface area contributed by atoms with Gasteiger partial charge in [-0.15, -0.1) is 0 Å². The Morgan fingerprint density at radius 1 is 0.463 bits per heavy atom. The van der Waals surface area contributed by atoms with Crippen LogP contribution in [0.15, 0.2) is 127 Å². The van der Waals surface area contributed by atoms with Crippen LogP contribution >= 0.6 is 11.6 Å². The van der Waals surface area contributed by atoms with Gasteiger partial charge in [-0.1, -0.05) is 109 Å². The Morgan fingerprint density at radius 2 is 0.927 bits per heavy atom. The summed E-state index contributed by atoms with van der Waals surface area (Å²) in [6, 6.07) is 39.2. The van der Waals surface area contributed by atoms with E-state index in [4.69, 9.17) is 21.1 Å². The van der Waals surface area contributed by atoms with Crippen LogP contribution < -0.4 is 9.47 Å². The SMILES string of the molecule is O=C(Oc1c2ccccc2c(OC(=O)c2ccc3ccccc3c2)c2c(Cl)cccc12)c1ccc2ccccc2c1. The third-order valence-electron chi connectivity index (χ3n) is 7.26. The molecule has 0 unspecified atom stereocenters. The van der Waals surface area contributed by atoms with E-state index in [1.807, 2.05) is 103 Å². The molecule has 0 amide bonds. The molecular formula is C36H21ClO4. The van der Waals surface area contributed by atoms with Crippen molar-refractivity contribution in [2.24, 2.45) is 0 Å². The summed E-state index contributed by atoms with van der Waals surface area (Å²) >= 11 is 6.73. The van der Waals surface area contributed by atoms with Gasteiger partial charge < -0.3 is 9.47 Å². The normalized spacial score (nSPS) is 11.2. The minimum absolute atomic E-state index is 0.310. The van der Waals surface area contributed by atoms with Crippen LogP contribution in [0.4, 0.5) is 0 Å². The summed E-state index contributed by atoms with van der Waals surface area (Å²) in [6.07, 6.45) is 0. The first-order valence-electron chi connectivity index (χ1n) is 13.1. The highest BCUT2D eigenvalue weighted by Crippen LogP contribution is 2.46. The highest BCUT2D eigenvalue weighted by molar-refractivity contribution is 6.37. The van der Waals surface area contributed by atoms with E-state index in [1.165, 1.54) is 0 Å². The summed E-state index contributed by atoms with van der Waals surface area (Å²) < 4.78 is 12.2. The molecule has 7 rings (SSSR count). The third-order valence-corrected chi connectivity index (χ3v) is 7.58. The zero-order chi connectivity index (χ0) is 27.9. The average molecular weight is 553 g/mol. The number of ether oxygens (including phenoxy) is 2. The monoisotopic (exact) mass is 552 g/mol. The van der Waals surface area contributed by atoms with Gasteiger partial charge in [0.05, 0.1) is 16.1 Å². The van der Waals surface area contributed by atoms with Crippen LogP contribution in [-0.4, -0.2) is 11.9 Å². The van der Waals surface area contributed by atoms with E-state index in [2.05, 4.69) is 0 Å². The minimum atomic E-state index is -0.511. The number of carbonyl (C=O) groups excluding carboxylic acids is 2. The first-order valence-corrected chi connectivity index (χ1v) is 13.5. The molecule has 0 heterocycles. The molecule has 7 aromatic carbocycles. The molecule has 0 atom stereocenters. The Balaban J connectivity index is 1.35. The maximum Gasteiger partial charge on any atom is 0.343 e. The summed E-state index contributed by atoms with van der Waals surface area (Å²) in [5, 5.41) is 6.58. The molecule has 0 radical (unpaired) electrons. The van der Waals surface area contributed by atoms with Gasteiger partial charge in [-0.3, -0.25) is 0 Å². The zero-order valence-electron chi connectivity index (χ0n) is 21.6. The largest absolute Gasteiger partial charge is 0.422 e. The predicted molar refractivity (Wildman–Crippen MR) is 164 cm³/mol. The number of fused-ring (bicyclic) bond motifs is 4. The quantitative estimate of drug-likeness (QED) is 0.124. The smallest absolute Gasteiger partial charge is 0.343 e. The van der Waals surface area contributed by atoms with Crippen LogP contribution in [0.3, 0.4) is 0 Å². The van der Waals surface area contributed by atoms with Crippen molar-refractivity contribution in [2.75, 3.05) is 0 Å². The van der Waals surface area contributed by atoms with Gasteiger partial charge in [-0.2, -0.15) is 0 Å². The van der Waals surface area contributed by atoms with E-state index in [1.54, 1.807) is 24.3 Å². The van der Waals surface area contributed by atoms with Crippen molar-refractivity contribution in [2.45, 2.75) is 0 Å². The second-order valence-electron chi connectivity index (χ2n) is 9.77. The molecule has 0 aliphatic rings. The first kappa shape index (κ1) is 24.8. The maximum atomic E-state index is 13.5. The fraction of sp³-hybridized carbons (Fsp3) is 0. The van der Waals surface area contributed by atoms with E-state index in [0.717, 1.165) is 21.5 Å². The molecule has 4 nitrogen and oxygen atoms in total. The number of rotatable bonds is 4. The second-order valence-corrected chi connectivity index (χ2v) is 10.2. The number of halogens is 1. The van der Waals surface area contributed by atoms with Gasteiger partial charge in [-0.05, 0) is 51.9 Å². The molecular weight excluding hydrogens is 532 g/mol. The van der Waals surface area contributed by atoms with E-state index < -0.39 is 11.9 Å². The molecule has 41 heavy (non-hydrogen) atoms. The molecule has 0 aliphatic heterocycles. The average Bonchev–Trinajstić information content (AvgIpc) is 3.02. The third kappa shape index (κ3) is 4.45. The fourth-order valence-corrected chi connectivity index (χ4v) is 5.52. The van der Waals surface area contributed by atoms with Crippen molar-refractivity contribution in [3.8, 4) is 11.5 Å². The number of hydrogen-bond acceptors (Lipinski definition) is 4. The van der Waals surface area contributed by atoms with Gasteiger partial charge in [-0.25, -0.2) is 9.59 Å². The highest BCUT2D eigenvalue weighted by Gasteiger charge is 2.23. The summed E-state index contributed by atoms with van der Waals surface area (Å²) in [5.41, 5.74) is 0.842. The van der Waals surface area contributed by atoms with E-state index in [9.17, 15) is 9.59 Å². The van der Waals surface area contributed by atoms with Crippen molar-refractivity contribution >= 4 is 66.6 Å². The molecule has 5 heteroatoms. The Labute approximate surface area is 240 Å². The zero-order valence-corrected chi connectivity index (χ0v) is 22.4. The summed E-state index contributed by atoms with van der Waals surface area (Å²) in [6.45, 7) is 0. The predicted octanol–water partition coefficient (Wildman–Crippen LogP) is 9.39. The summed E-state index contributed by atoms with van der Waals surface area (Å²) in [4.78, 5) is 26.9. The molecule has 0 bridgehead atoms. The van der Waals surface area contributed by atoms with E-state index in [0.29, 0.717) is 49.2 Å². The number of hydrogen-bond donors (Lipinski definition) is 0. The van der Waals surface area contributed by atoms with Gasteiger partial charge in [0.1, 0.15) is 11.5 Å². The van der Waals surface area contributed by atoms with Gasteiger partial charge in [0.25, 0.3) is 0 Å². The lowest BCUT2D eigenvalue weighted by molar-refractivity contribution is 0.0726. The van der Waals surface area contributed by atoms with E-state index >= 15 is 0 Å². The van der Waals surface area contributed by atoms with Crippen LogP contribution in [0, 0.1) is 0 Å². The molecule has 0 spiro atoms. The van der Waals surface area contributed by atoms with Crippen molar-refractivity contribution in [3.05, 3.63) is 144 Å². The standard InChI is InChI=1S/C36H21ClO4/c37-31-15-7-14-30-32(31)34(41-36(39)27-19-17-23-9-2-4-11-25(23)21-27)29-13-6-5-12-28(29)33(30)40-35(38)26-18-16-22-8-1-3-10-24(22)20-26/h1-21H. The molecule has 0 saturated carbocycles. The van der Waals surface area contributed by atoms with Crippen molar-refractivity contribution < 1.29 is 19.1 Å². The molecule has 0 aromatic heterocycles. The number of benzene rings is 7. The lowest BCUT2D eigenvalue weighted by atomic mass is 10.00. The molecule has 0 aliphatic carbocycles. The van der Waals surface area contributed by atoms with Gasteiger partial charge in [0, 0.05) is 21.5 Å². The van der Waals surface area contributed by atoms with Crippen LogP contribution in [0.25, 0.3) is 43.1 Å². The van der Waals surface area contributed by atoms with Crippen molar-refractivity contribution in [3.63, 3.8) is 0 Å².